The number of amides is 2. The van der Waals surface area contributed by atoms with Crippen LogP contribution in [0.1, 0.15) is 21.6 Å². The van der Waals surface area contributed by atoms with E-state index < -0.39 is 6.09 Å². The SMILES string of the molecule is COc1cc(C(=O)NCc2ccc(NC(=O)OCc3ccc(Cl)cc3)cc2)n(C)n1. The van der Waals surface area contributed by atoms with Gasteiger partial charge in [0.2, 0.25) is 5.88 Å². The van der Waals surface area contributed by atoms with Crippen molar-refractivity contribution in [2.45, 2.75) is 13.2 Å². The minimum atomic E-state index is -0.559. The highest BCUT2D eigenvalue weighted by molar-refractivity contribution is 6.30. The molecule has 0 bridgehead atoms. The van der Waals surface area contributed by atoms with Crippen molar-refractivity contribution in [1.29, 1.82) is 0 Å². The number of carbonyl (C=O) groups is 2. The Bertz CT molecular complexity index is 1020. The monoisotopic (exact) mass is 428 g/mol. The van der Waals surface area contributed by atoms with E-state index in [1.807, 2.05) is 0 Å². The number of aromatic nitrogens is 2. The molecule has 9 heteroatoms. The van der Waals surface area contributed by atoms with Crippen molar-refractivity contribution in [3.8, 4) is 5.88 Å². The van der Waals surface area contributed by atoms with Crippen LogP contribution in [0.4, 0.5) is 10.5 Å². The number of anilines is 1. The molecular weight excluding hydrogens is 408 g/mol. The van der Waals surface area contributed by atoms with Crippen LogP contribution in [0.2, 0.25) is 5.02 Å². The van der Waals surface area contributed by atoms with E-state index in [0.717, 1.165) is 11.1 Å². The number of benzene rings is 2. The zero-order valence-corrected chi connectivity index (χ0v) is 17.3. The van der Waals surface area contributed by atoms with E-state index in [2.05, 4.69) is 15.7 Å². The minimum absolute atomic E-state index is 0.145. The average molecular weight is 429 g/mol. The molecule has 0 aliphatic carbocycles. The number of halogens is 1. The highest BCUT2D eigenvalue weighted by Gasteiger charge is 2.13. The first kappa shape index (κ1) is 21.2. The molecule has 1 aromatic heterocycles. The molecule has 0 spiro atoms. The molecular formula is C21H21ClN4O4. The van der Waals surface area contributed by atoms with Gasteiger partial charge in [-0.05, 0) is 35.4 Å². The number of nitrogens with one attached hydrogen (secondary N) is 2. The molecule has 8 nitrogen and oxygen atoms in total. The molecule has 0 fully saturated rings. The Balaban J connectivity index is 1.47. The Labute approximate surface area is 178 Å². The molecule has 3 rings (SSSR count). The standard InChI is InChI=1S/C21H21ClN4O4/c1-26-18(11-19(25-26)29-2)20(27)23-12-14-5-9-17(10-6-14)24-21(28)30-13-15-3-7-16(22)8-4-15/h3-11H,12-13H2,1-2H3,(H,23,27)(H,24,28). The van der Waals surface area contributed by atoms with Gasteiger partial charge in [-0.2, -0.15) is 0 Å². The molecule has 0 aliphatic heterocycles. The second kappa shape index (κ2) is 9.80. The largest absolute Gasteiger partial charge is 0.480 e. The van der Waals surface area contributed by atoms with Gasteiger partial charge in [-0.25, -0.2) is 4.79 Å². The van der Waals surface area contributed by atoms with Crippen molar-refractivity contribution in [3.05, 3.63) is 76.4 Å². The van der Waals surface area contributed by atoms with E-state index in [1.54, 1.807) is 61.6 Å². The Kier molecular flexibility index (Phi) is 6.92. The quantitative estimate of drug-likeness (QED) is 0.597. The lowest BCUT2D eigenvalue weighted by molar-refractivity contribution is 0.0941. The average Bonchev–Trinajstić information content (AvgIpc) is 3.13. The summed E-state index contributed by atoms with van der Waals surface area (Å²) in [6.45, 7) is 0.472. The van der Waals surface area contributed by atoms with Gasteiger partial charge in [0.05, 0.1) is 7.11 Å². The van der Waals surface area contributed by atoms with Gasteiger partial charge in [-0.3, -0.25) is 14.8 Å². The maximum absolute atomic E-state index is 12.3. The predicted octanol–water partition coefficient (Wildman–Crippen LogP) is 3.76. The van der Waals surface area contributed by atoms with Crippen LogP contribution in [-0.4, -0.2) is 28.9 Å². The minimum Gasteiger partial charge on any atom is -0.480 e. The second-order valence-corrected chi connectivity index (χ2v) is 6.84. The molecule has 1 heterocycles. The van der Waals surface area contributed by atoms with Crippen molar-refractivity contribution in [2.24, 2.45) is 7.05 Å². The van der Waals surface area contributed by atoms with Gasteiger partial charge in [0.25, 0.3) is 5.91 Å². The zero-order valence-electron chi connectivity index (χ0n) is 16.5. The summed E-state index contributed by atoms with van der Waals surface area (Å²) in [4.78, 5) is 24.2. The van der Waals surface area contributed by atoms with Gasteiger partial charge in [0.15, 0.2) is 0 Å². The summed E-state index contributed by atoms with van der Waals surface area (Å²) in [5.41, 5.74) is 2.69. The van der Waals surface area contributed by atoms with E-state index in [1.165, 1.54) is 11.8 Å². The van der Waals surface area contributed by atoms with Crippen LogP contribution in [0, 0.1) is 0 Å². The maximum atomic E-state index is 12.3. The molecule has 0 atom stereocenters. The summed E-state index contributed by atoms with van der Waals surface area (Å²) < 4.78 is 11.7. The lowest BCUT2D eigenvalue weighted by atomic mass is 10.2. The highest BCUT2D eigenvalue weighted by atomic mass is 35.5. The van der Waals surface area contributed by atoms with E-state index in [0.29, 0.717) is 28.8 Å². The Hall–Kier alpha value is -3.52. The molecule has 0 radical (unpaired) electrons. The molecule has 2 N–H and O–H groups in total. The number of carbonyl (C=O) groups excluding carboxylic acids is 2. The van der Waals surface area contributed by atoms with E-state index in [-0.39, 0.29) is 12.5 Å². The first-order valence-corrected chi connectivity index (χ1v) is 9.46. The second-order valence-electron chi connectivity index (χ2n) is 6.40. The maximum Gasteiger partial charge on any atom is 0.411 e. The number of rotatable bonds is 7. The van der Waals surface area contributed by atoms with Gasteiger partial charge < -0.3 is 14.8 Å². The van der Waals surface area contributed by atoms with Crippen molar-refractivity contribution in [3.63, 3.8) is 0 Å². The topological polar surface area (TPSA) is 94.5 Å². The molecule has 0 unspecified atom stereocenters. The fourth-order valence-corrected chi connectivity index (χ4v) is 2.74. The Morgan fingerprint density at radius 3 is 2.37 bits per heavy atom. The first-order chi connectivity index (χ1) is 14.4. The number of hydrogen-bond acceptors (Lipinski definition) is 5. The van der Waals surface area contributed by atoms with Gasteiger partial charge in [-0.1, -0.05) is 35.9 Å². The van der Waals surface area contributed by atoms with Crippen molar-refractivity contribution < 1.29 is 19.1 Å². The summed E-state index contributed by atoms with van der Waals surface area (Å²) >= 11 is 5.83. The van der Waals surface area contributed by atoms with E-state index >= 15 is 0 Å². The molecule has 2 aromatic carbocycles. The summed E-state index contributed by atoms with van der Waals surface area (Å²) in [5.74, 6) is 0.113. The third kappa shape index (κ3) is 5.74. The van der Waals surface area contributed by atoms with Gasteiger partial charge in [0, 0.05) is 30.4 Å². The van der Waals surface area contributed by atoms with E-state index in [9.17, 15) is 9.59 Å². The summed E-state index contributed by atoms with van der Waals surface area (Å²) in [7, 11) is 3.16. The van der Waals surface area contributed by atoms with Crippen LogP contribution >= 0.6 is 11.6 Å². The first-order valence-electron chi connectivity index (χ1n) is 9.08. The van der Waals surface area contributed by atoms with Crippen molar-refractivity contribution in [1.82, 2.24) is 15.1 Å². The Morgan fingerprint density at radius 2 is 1.73 bits per heavy atom. The third-order valence-electron chi connectivity index (χ3n) is 4.24. The number of hydrogen-bond donors (Lipinski definition) is 2. The van der Waals surface area contributed by atoms with Gasteiger partial charge in [-0.15, -0.1) is 5.10 Å². The van der Waals surface area contributed by atoms with Crippen LogP contribution in [0.25, 0.3) is 0 Å². The summed E-state index contributed by atoms with van der Waals surface area (Å²) in [6, 6.07) is 15.7. The molecule has 2 amide bonds. The fourth-order valence-electron chi connectivity index (χ4n) is 2.62. The number of ether oxygens (including phenoxy) is 2. The predicted molar refractivity (Wildman–Crippen MR) is 113 cm³/mol. The molecule has 0 aliphatic rings. The van der Waals surface area contributed by atoms with Gasteiger partial charge in [0.1, 0.15) is 12.3 Å². The third-order valence-corrected chi connectivity index (χ3v) is 4.49. The molecule has 0 saturated heterocycles. The van der Waals surface area contributed by atoms with Crippen molar-refractivity contribution >= 4 is 29.3 Å². The zero-order chi connectivity index (χ0) is 21.5. The summed E-state index contributed by atoms with van der Waals surface area (Å²) in [6.07, 6.45) is -0.559. The van der Waals surface area contributed by atoms with Crippen LogP contribution in [0.15, 0.2) is 54.6 Å². The van der Waals surface area contributed by atoms with Gasteiger partial charge >= 0.3 is 6.09 Å². The van der Waals surface area contributed by atoms with Crippen LogP contribution in [0.5, 0.6) is 5.88 Å². The number of aryl methyl sites for hydroxylation is 1. The smallest absolute Gasteiger partial charge is 0.411 e. The van der Waals surface area contributed by atoms with E-state index in [4.69, 9.17) is 21.1 Å². The van der Waals surface area contributed by atoms with Crippen molar-refractivity contribution in [2.75, 3.05) is 12.4 Å². The number of methoxy groups -OCH3 is 1. The molecule has 0 saturated carbocycles. The van der Waals surface area contributed by atoms with Crippen LogP contribution in [0.3, 0.4) is 0 Å². The number of nitrogens with zero attached hydrogens (tertiary/aromatic N) is 2. The van der Waals surface area contributed by atoms with Crippen LogP contribution in [-0.2, 0) is 24.9 Å². The molecule has 156 valence electrons. The molecule has 30 heavy (non-hydrogen) atoms. The highest BCUT2D eigenvalue weighted by Crippen LogP contribution is 2.13. The lowest BCUT2D eigenvalue weighted by Gasteiger charge is -2.09. The lowest BCUT2D eigenvalue weighted by Crippen LogP contribution is -2.25. The van der Waals surface area contributed by atoms with Crippen LogP contribution < -0.4 is 15.4 Å². The Morgan fingerprint density at radius 1 is 1.07 bits per heavy atom. The normalized spacial score (nSPS) is 10.4. The molecule has 3 aromatic rings. The fraction of sp³-hybridized carbons (Fsp3) is 0.190. The summed E-state index contributed by atoms with van der Waals surface area (Å²) in [5, 5.41) is 10.2.